The van der Waals surface area contributed by atoms with Gasteiger partial charge in [0.05, 0.1) is 18.6 Å². The van der Waals surface area contributed by atoms with Gasteiger partial charge in [0, 0.05) is 5.41 Å². The number of carboxylic acids is 1. The van der Waals surface area contributed by atoms with Crippen molar-refractivity contribution in [3.8, 4) is 0 Å². The van der Waals surface area contributed by atoms with E-state index in [-0.39, 0.29) is 23.4 Å². The van der Waals surface area contributed by atoms with E-state index < -0.39 is 17.5 Å². The summed E-state index contributed by atoms with van der Waals surface area (Å²) in [6.45, 7) is 11.9. The lowest BCUT2D eigenvalue weighted by Gasteiger charge is -2.66. The smallest absolute Gasteiger partial charge is 0.306 e. The number of hydrogen-bond acceptors (Lipinski definition) is 3. The highest BCUT2D eigenvalue weighted by atomic mass is 16.4. The summed E-state index contributed by atoms with van der Waals surface area (Å²) < 4.78 is 0. The van der Waals surface area contributed by atoms with Crippen LogP contribution in [-0.2, 0) is 4.79 Å². The number of carboxylic acid groups (broad SMARTS) is 1. The molecule has 0 saturated heterocycles. The minimum atomic E-state index is -0.599. The third-order valence-electron chi connectivity index (χ3n) is 12.3. The van der Waals surface area contributed by atoms with Crippen molar-refractivity contribution < 1.29 is 20.1 Å². The average molecular weight is 463 g/mol. The van der Waals surface area contributed by atoms with E-state index >= 15 is 0 Å². The van der Waals surface area contributed by atoms with Crippen LogP contribution in [0.5, 0.6) is 0 Å². The van der Waals surface area contributed by atoms with E-state index in [4.69, 9.17) is 0 Å². The first-order valence-electron chi connectivity index (χ1n) is 14.0. The molecule has 0 amide bonds. The van der Waals surface area contributed by atoms with Gasteiger partial charge in [-0.2, -0.15) is 0 Å². The first-order valence-corrected chi connectivity index (χ1v) is 14.0. The second kappa shape index (κ2) is 9.12. The monoisotopic (exact) mass is 462 g/mol. The summed E-state index contributed by atoms with van der Waals surface area (Å²) in [6, 6.07) is 0. The number of hydrogen-bond donors (Lipinski definition) is 3. The Morgan fingerprint density at radius 1 is 0.818 bits per heavy atom. The average Bonchev–Trinajstić information content (AvgIpc) is 2.77. The molecule has 33 heavy (non-hydrogen) atoms. The maximum absolute atomic E-state index is 12.1. The highest BCUT2D eigenvalue weighted by Crippen LogP contribution is 2.68. The zero-order valence-corrected chi connectivity index (χ0v) is 21.9. The number of fused-ring (bicyclic) bond motifs is 5. The van der Waals surface area contributed by atoms with Crippen LogP contribution in [0.4, 0.5) is 0 Å². The van der Waals surface area contributed by atoms with E-state index in [1.165, 1.54) is 25.7 Å². The maximum Gasteiger partial charge on any atom is 0.306 e. The topological polar surface area (TPSA) is 77.8 Å². The van der Waals surface area contributed by atoms with Crippen LogP contribution in [-0.4, -0.2) is 34.0 Å². The van der Waals surface area contributed by atoms with Crippen LogP contribution in [0.15, 0.2) is 0 Å². The lowest BCUT2D eigenvalue weighted by Crippen LogP contribution is -2.62. The molecule has 0 heterocycles. The normalized spacial score (nSPS) is 53.3. The van der Waals surface area contributed by atoms with Crippen molar-refractivity contribution in [1.29, 1.82) is 0 Å². The molecule has 190 valence electrons. The van der Waals surface area contributed by atoms with Crippen molar-refractivity contribution in [2.45, 2.75) is 111 Å². The molecule has 4 heteroatoms. The fourth-order valence-electron chi connectivity index (χ4n) is 9.68. The van der Waals surface area contributed by atoms with E-state index in [9.17, 15) is 20.1 Å². The summed E-state index contributed by atoms with van der Waals surface area (Å²) in [5.41, 5.74) is -0.0416. The van der Waals surface area contributed by atoms with Crippen molar-refractivity contribution in [3.63, 3.8) is 0 Å². The minimum absolute atomic E-state index is 0.0708. The molecule has 4 nitrogen and oxygen atoms in total. The third-order valence-corrected chi connectivity index (χ3v) is 12.3. The zero-order chi connectivity index (χ0) is 24.2. The van der Waals surface area contributed by atoms with Gasteiger partial charge in [-0.15, -0.1) is 0 Å². The predicted octanol–water partition coefficient (Wildman–Crippen LogP) is 6.14. The molecule has 4 aliphatic rings. The number of aliphatic hydroxyl groups excluding tert-OH is 2. The van der Waals surface area contributed by atoms with Gasteiger partial charge < -0.3 is 15.3 Å². The van der Waals surface area contributed by atoms with E-state index in [1.807, 2.05) is 0 Å². The van der Waals surface area contributed by atoms with Crippen molar-refractivity contribution >= 4 is 5.97 Å². The molecule has 0 bridgehead atoms. The second-order valence-corrected chi connectivity index (χ2v) is 13.7. The number of rotatable bonds is 2. The lowest BCUT2D eigenvalue weighted by molar-refractivity contribution is -0.203. The quantitative estimate of drug-likeness (QED) is 0.460. The molecule has 4 rings (SSSR count). The van der Waals surface area contributed by atoms with Crippen LogP contribution in [0.3, 0.4) is 0 Å². The summed E-state index contributed by atoms with van der Waals surface area (Å²) in [6.07, 6.45) is 11.2. The van der Waals surface area contributed by atoms with Gasteiger partial charge in [0.15, 0.2) is 0 Å². The second-order valence-electron chi connectivity index (χ2n) is 13.7. The van der Waals surface area contributed by atoms with Crippen LogP contribution in [0.25, 0.3) is 0 Å². The zero-order valence-electron chi connectivity index (χ0n) is 21.9. The Morgan fingerprint density at radius 3 is 2.12 bits per heavy atom. The third kappa shape index (κ3) is 4.09. The van der Waals surface area contributed by atoms with Crippen molar-refractivity contribution in [2.75, 3.05) is 6.61 Å². The molecule has 0 spiro atoms. The summed E-state index contributed by atoms with van der Waals surface area (Å²) in [5.74, 6) is 2.73. The molecule has 4 aliphatic carbocycles. The Morgan fingerprint density at radius 2 is 1.45 bits per heavy atom. The maximum atomic E-state index is 12.1. The van der Waals surface area contributed by atoms with Crippen molar-refractivity contribution in [1.82, 2.24) is 0 Å². The molecule has 0 aromatic rings. The van der Waals surface area contributed by atoms with Crippen molar-refractivity contribution in [3.05, 3.63) is 0 Å². The Bertz CT molecular complexity index is 722. The first kappa shape index (κ1) is 25.5. The largest absolute Gasteiger partial charge is 0.481 e. The Labute approximate surface area is 201 Å². The summed E-state index contributed by atoms with van der Waals surface area (Å²) in [5, 5.41) is 31.2. The summed E-state index contributed by atoms with van der Waals surface area (Å²) in [4.78, 5) is 12.1. The van der Waals surface area contributed by atoms with Crippen LogP contribution >= 0.6 is 0 Å². The molecule has 0 radical (unpaired) electrons. The van der Waals surface area contributed by atoms with Gasteiger partial charge in [-0.25, -0.2) is 0 Å². The van der Waals surface area contributed by atoms with E-state index in [0.29, 0.717) is 35.5 Å². The van der Waals surface area contributed by atoms with Gasteiger partial charge in [-0.3, -0.25) is 4.79 Å². The molecule has 4 fully saturated rings. The fourth-order valence-corrected chi connectivity index (χ4v) is 9.68. The molecule has 11 atom stereocenters. The molecule has 4 saturated carbocycles. The first-order chi connectivity index (χ1) is 15.5. The predicted molar refractivity (Wildman–Crippen MR) is 132 cm³/mol. The summed E-state index contributed by atoms with van der Waals surface area (Å²) >= 11 is 0. The molecule has 3 N–H and O–H groups in total. The molecule has 2 unspecified atom stereocenters. The van der Waals surface area contributed by atoms with E-state index in [0.717, 1.165) is 44.9 Å². The van der Waals surface area contributed by atoms with Crippen molar-refractivity contribution in [2.24, 2.45) is 57.7 Å². The number of aliphatic hydroxyl groups is 2. The van der Waals surface area contributed by atoms with Gasteiger partial charge >= 0.3 is 5.97 Å². The van der Waals surface area contributed by atoms with E-state index in [1.54, 1.807) is 0 Å². The van der Waals surface area contributed by atoms with Gasteiger partial charge in [0.25, 0.3) is 0 Å². The van der Waals surface area contributed by atoms with Gasteiger partial charge in [-0.05, 0) is 117 Å². The lowest BCUT2D eigenvalue weighted by atomic mass is 9.39. The minimum Gasteiger partial charge on any atom is -0.481 e. The van der Waals surface area contributed by atoms with Crippen LogP contribution in [0.2, 0.25) is 0 Å². The van der Waals surface area contributed by atoms with Gasteiger partial charge in [0.2, 0.25) is 0 Å². The molecular weight excluding hydrogens is 412 g/mol. The molecule has 0 aromatic carbocycles. The Kier molecular flexibility index (Phi) is 7.04. The Balaban J connectivity index is 1.67. The van der Waals surface area contributed by atoms with E-state index in [2.05, 4.69) is 34.6 Å². The molecular formula is C29H50O4. The number of aliphatic carboxylic acids is 1. The SMILES string of the molecule is C[C@@H]1CC[C@H](C(=O)O)CC[C@]2(C)C(CC[C@H]3C2CC[C@H]2[C@](C)(CO)[C@@H](O)CC[C@@]23C)C[C@H]1C. The Hall–Kier alpha value is -0.610. The van der Waals surface area contributed by atoms with Crippen LogP contribution < -0.4 is 0 Å². The standard InChI is InChI=1S/C29H50O4/c1-18-6-7-20(26(32)33)12-14-27(3)21(16-19(18)2)8-9-23-22(27)10-11-24-28(23,4)15-13-25(31)29(24,5)17-30/h18-25,30-31H,6-17H2,1-5H3,(H,32,33)/t18-,19-,20+,21?,22?,23+,24-,25+,27-,28-,29+/m1/s1. The summed E-state index contributed by atoms with van der Waals surface area (Å²) in [7, 11) is 0. The highest BCUT2D eigenvalue weighted by Gasteiger charge is 2.62. The van der Waals surface area contributed by atoms with Gasteiger partial charge in [-0.1, -0.05) is 34.6 Å². The van der Waals surface area contributed by atoms with Crippen LogP contribution in [0, 0.1) is 57.7 Å². The fraction of sp³-hybridized carbons (Fsp3) is 0.966. The number of carbonyl (C=O) groups is 1. The molecule has 0 aromatic heterocycles. The highest BCUT2D eigenvalue weighted by molar-refractivity contribution is 5.69. The van der Waals surface area contributed by atoms with Crippen LogP contribution in [0.1, 0.15) is 105 Å². The van der Waals surface area contributed by atoms with Gasteiger partial charge in [0.1, 0.15) is 0 Å². The molecule has 0 aliphatic heterocycles.